The van der Waals surface area contributed by atoms with E-state index in [2.05, 4.69) is 0 Å². The third-order valence-corrected chi connectivity index (χ3v) is 3.47. The first kappa shape index (κ1) is 14.8. The van der Waals surface area contributed by atoms with Gasteiger partial charge in [0, 0.05) is 17.8 Å². The molecule has 0 amide bonds. The summed E-state index contributed by atoms with van der Waals surface area (Å²) in [5.74, 6) is 0. The van der Waals surface area contributed by atoms with Crippen molar-refractivity contribution >= 4 is 12.0 Å². The standard InChI is InChI=1S/C14H16F3NO2/c1-2-11-9-20-6-5-18(11)13-4-3-10(8-19)7-12(13)14(15,16)17/h3-4,7-8,11H,2,5-6,9H2,1H3. The van der Waals surface area contributed by atoms with Crippen LogP contribution in [0.5, 0.6) is 0 Å². The first-order chi connectivity index (χ1) is 9.47. The molecule has 3 nitrogen and oxygen atoms in total. The summed E-state index contributed by atoms with van der Waals surface area (Å²) in [4.78, 5) is 12.4. The van der Waals surface area contributed by atoms with Crippen molar-refractivity contribution in [1.29, 1.82) is 0 Å². The van der Waals surface area contributed by atoms with Crippen molar-refractivity contribution in [2.75, 3.05) is 24.7 Å². The Labute approximate surface area is 115 Å². The molecule has 1 fully saturated rings. The molecular weight excluding hydrogens is 271 g/mol. The van der Waals surface area contributed by atoms with Crippen LogP contribution in [0.25, 0.3) is 0 Å². The Bertz CT molecular complexity index is 488. The van der Waals surface area contributed by atoms with Gasteiger partial charge < -0.3 is 9.64 Å². The SMILES string of the molecule is CCC1COCCN1c1ccc(C=O)cc1C(F)(F)F. The maximum absolute atomic E-state index is 13.2. The van der Waals surface area contributed by atoms with Gasteiger partial charge in [0.05, 0.1) is 24.8 Å². The van der Waals surface area contributed by atoms with Gasteiger partial charge in [0.2, 0.25) is 0 Å². The maximum Gasteiger partial charge on any atom is 0.418 e. The first-order valence-corrected chi connectivity index (χ1v) is 6.48. The normalized spacial score (nSPS) is 20.0. The monoisotopic (exact) mass is 287 g/mol. The third kappa shape index (κ3) is 2.95. The summed E-state index contributed by atoms with van der Waals surface area (Å²) in [7, 11) is 0. The number of benzene rings is 1. The number of carbonyl (C=O) groups is 1. The Morgan fingerprint density at radius 3 is 2.80 bits per heavy atom. The lowest BCUT2D eigenvalue weighted by Crippen LogP contribution is -2.46. The van der Waals surface area contributed by atoms with Gasteiger partial charge in [-0.2, -0.15) is 13.2 Å². The molecule has 0 N–H and O–H groups in total. The number of rotatable bonds is 3. The van der Waals surface area contributed by atoms with Crippen LogP contribution in [0.2, 0.25) is 0 Å². The van der Waals surface area contributed by atoms with Crippen LogP contribution in [0, 0.1) is 0 Å². The van der Waals surface area contributed by atoms with Gasteiger partial charge in [0.1, 0.15) is 6.29 Å². The van der Waals surface area contributed by atoms with Crippen LogP contribution < -0.4 is 4.90 Å². The van der Waals surface area contributed by atoms with Crippen LogP contribution >= 0.6 is 0 Å². The molecule has 0 spiro atoms. The fourth-order valence-corrected chi connectivity index (χ4v) is 2.41. The lowest BCUT2D eigenvalue weighted by molar-refractivity contribution is -0.137. The number of ether oxygens (including phenoxy) is 1. The van der Waals surface area contributed by atoms with Crippen LogP contribution in [0.15, 0.2) is 18.2 Å². The van der Waals surface area contributed by atoms with E-state index in [1.807, 2.05) is 6.92 Å². The molecule has 0 saturated carbocycles. The third-order valence-electron chi connectivity index (χ3n) is 3.47. The highest BCUT2D eigenvalue weighted by Gasteiger charge is 2.36. The molecule has 0 bridgehead atoms. The summed E-state index contributed by atoms with van der Waals surface area (Å²) in [6, 6.07) is 3.62. The molecule has 110 valence electrons. The van der Waals surface area contributed by atoms with Gasteiger partial charge in [-0.25, -0.2) is 0 Å². The second kappa shape index (κ2) is 5.83. The van der Waals surface area contributed by atoms with Crippen LogP contribution in [0.3, 0.4) is 0 Å². The van der Waals surface area contributed by atoms with Crippen molar-refractivity contribution in [3.63, 3.8) is 0 Å². The van der Waals surface area contributed by atoms with Gasteiger partial charge in [-0.1, -0.05) is 6.92 Å². The summed E-state index contributed by atoms with van der Waals surface area (Å²) in [6.45, 7) is 3.16. The van der Waals surface area contributed by atoms with Crippen LogP contribution in [-0.4, -0.2) is 32.1 Å². The molecule has 1 aromatic carbocycles. The highest BCUT2D eigenvalue weighted by molar-refractivity contribution is 5.77. The Kier molecular flexibility index (Phi) is 4.32. The molecule has 0 aromatic heterocycles. The zero-order valence-corrected chi connectivity index (χ0v) is 11.1. The predicted octanol–water partition coefficient (Wildman–Crippen LogP) is 3.13. The Hall–Kier alpha value is -1.56. The zero-order chi connectivity index (χ0) is 14.8. The molecule has 1 aromatic rings. The van der Waals surface area contributed by atoms with E-state index < -0.39 is 11.7 Å². The van der Waals surface area contributed by atoms with E-state index in [0.29, 0.717) is 32.5 Å². The highest BCUT2D eigenvalue weighted by atomic mass is 19.4. The fraction of sp³-hybridized carbons (Fsp3) is 0.500. The number of anilines is 1. The number of hydrogen-bond donors (Lipinski definition) is 0. The maximum atomic E-state index is 13.2. The Balaban J connectivity index is 2.46. The summed E-state index contributed by atoms with van der Waals surface area (Å²) < 4.78 is 44.8. The van der Waals surface area contributed by atoms with E-state index in [-0.39, 0.29) is 17.3 Å². The van der Waals surface area contributed by atoms with Crippen LogP contribution in [0.4, 0.5) is 18.9 Å². The predicted molar refractivity (Wildman–Crippen MR) is 69.1 cm³/mol. The number of aldehydes is 1. The molecule has 1 atom stereocenters. The second-order valence-electron chi connectivity index (χ2n) is 4.72. The summed E-state index contributed by atoms with van der Waals surface area (Å²) in [6.07, 6.45) is -3.35. The Morgan fingerprint density at radius 1 is 1.45 bits per heavy atom. The summed E-state index contributed by atoms with van der Waals surface area (Å²) in [5.41, 5.74) is -0.608. The average molecular weight is 287 g/mol. The number of alkyl halides is 3. The molecule has 1 saturated heterocycles. The molecule has 1 aliphatic rings. The van der Waals surface area contributed by atoms with E-state index in [4.69, 9.17) is 4.74 Å². The van der Waals surface area contributed by atoms with E-state index in [9.17, 15) is 18.0 Å². The van der Waals surface area contributed by atoms with E-state index in [1.165, 1.54) is 12.1 Å². The first-order valence-electron chi connectivity index (χ1n) is 6.48. The van der Waals surface area contributed by atoms with Gasteiger partial charge in [0.25, 0.3) is 0 Å². The minimum Gasteiger partial charge on any atom is -0.377 e. The van der Waals surface area contributed by atoms with Gasteiger partial charge in [0.15, 0.2) is 0 Å². The summed E-state index contributed by atoms with van der Waals surface area (Å²) in [5, 5.41) is 0. The number of nitrogens with zero attached hydrogens (tertiary/aromatic N) is 1. The van der Waals surface area contributed by atoms with E-state index in [0.717, 1.165) is 6.07 Å². The number of morpholine rings is 1. The van der Waals surface area contributed by atoms with E-state index >= 15 is 0 Å². The number of carbonyl (C=O) groups excluding carboxylic acids is 1. The van der Waals surface area contributed by atoms with Gasteiger partial charge in [-0.05, 0) is 24.6 Å². The van der Waals surface area contributed by atoms with Crippen molar-refractivity contribution in [3.05, 3.63) is 29.3 Å². The lowest BCUT2D eigenvalue weighted by Gasteiger charge is -2.38. The lowest BCUT2D eigenvalue weighted by atomic mass is 10.0. The molecule has 1 heterocycles. The molecule has 0 aliphatic carbocycles. The molecule has 20 heavy (non-hydrogen) atoms. The van der Waals surface area contributed by atoms with Crippen molar-refractivity contribution in [2.24, 2.45) is 0 Å². The molecule has 6 heteroatoms. The number of hydrogen-bond acceptors (Lipinski definition) is 3. The smallest absolute Gasteiger partial charge is 0.377 e. The van der Waals surface area contributed by atoms with Crippen LogP contribution in [-0.2, 0) is 10.9 Å². The second-order valence-corrected chi connectivity index (χ2v) is 4.72. The topological polar surface area (TPSA) is 29.5 Å². The van der Waals surface area contributed by atoms with Crippen molar-refractivity contribution < 1.29 is 22.7 Å². The van der Waals surface area contributed by atoms with Gasteiger partial charge >= 0.3 is 6.18 Å². The van der Waals surface area contributed by atoms with Crippen LogP contribution in [0.1, 0.15) is 29.3 Å². The molecule has 1 unspecified atom stereocenters. The van der Waals surface area contributed by atoms with Crippen molar-refractivity contribution in [2.45, 2.75) is 25.6 Å². The van der Waals surface area contributed by atoms with Gasteiger partial charge in [-0.3, -0.25) is 4.79 Å². The molecule has 1 aliphatic heterocycles. The van der Waals surface area contributed by atoms with Crippen molar-refractivity contribution in [3.8, 4) is 0 Å². The summed E-state index contributed by atoms with van der Waals surface area (Å²) >= 11 is 0. The largest absolute Gasteiger partial charge is 0.418 e. The minimum atomic E-state index is -4.48. The zero-order valence-electron chi connectivity index (χ0n) is 11.1. The quantitative estimate of drug-likeness (QED) is 0.800. The van der Waals surface area contributed by atoms with Gasteiger partial charge in [-0.15, -0.1) is 0 Å². The fourth-order valence-electron chi connectivity index (χ4n) is 2.41. The molecule has 0 radical (unpaired) electrons. The van der Waals surface area contributed by atoms with E-state index in [1.54, 1.807) is 4.90 Å². The highest BCUT2D eigenvalue weighted by Crippen LogP contribution is 2.38. The minimum absolute atomic E-state index is 0.0300. The Morgan fingerprint density at radius 2 is 2.20 bits per heavy atom. The molecule has 2 rings (SSSR count). The molecular formula is C14H16F3NO2. The number of halogens is 3. The van der Waals surface area contributed by atoms with Crippen molar-refractivity contribution in [1.82, 2.24) is 0 Å². The average Bonchev–Trinajstić information content (AvgIpc) is 2.45.